The van der Waals surface area contributed by atoms with Crippen molar-refractivity contribution < 1.29 is 4.74 Å². The Bertz CT molecular complexity index is 381. The van der Waals surface area contributed by atoms with E-state index in [-0.39, 0.29) is 5.54 Å². The Hall–Kier alpha value is -0.830. The van der Waals surface area contributed by atoms with Crippen molar-refractivity contribution in [1.29, 1.82) is 0 Å². The molecule has 3 heteroatoms. The van der Waals surface area contributed by atoms with E-state index in [1.54, 1.807) is 0 Å². The van der Waals surface area contributed by atoms with E-state index in [0.29, 0.717) is 6.61 Å². The Morgan fingerprint density at radius 2 is 2.00 bits per heavy atom. The second-order valence-electron chi connectivity index (χ2n) is 4.41. The molecule has 0 atom stereocenters. The van der Waals surface area contributed by atoms with Crippen LogP contribution in [0.25, 0.3) is 0 Å². The molecule has 0 bridgehead atoms. The van der Waals surface area contributed by atoms with Crippen molar-refractivity contribution in [1.82, 2.24) is 0 Å². The summed E-state index contributed by atoms with van der Waals surface area (Å²) in [6, 6.07) is 8.24. The van der Waals surface area contributed by atoms with Crippen LogP contribution in [0.1, 0.15) is 19.4 Å². The van der Waals surface area contributed by atoms with Crippen LogP contribution in [0, 0.1) is 0 Å². The van der Waals surface area contributed by atoms with Gasteiger partial charge in [-0.25, -0.2) is 4.99 Å². The molecule has 0 aliphatic carbocycles. The van der Waals surface area contributed by atoms with Gasteiger partial charge in [0.25, 0.3) is 0 Å². The normalized spacial score (nSPS) is 18.5. The van der Waals surface area contributed by atoms with Crippen molar-refractivity contribution in [2.75, 3.05) is 6.61 Å². The van der Waals surface area contributed by atoms with E-state index in [9.17, 15) is 0 Å². The van der Waals surface area contributed by atoms with Crippen LogP contribution in [0.4, 0.5) is 0 Å². The standard InChI is InChI=1S/C12H14BrNO/c1-12(2)8-15-11(14-12)7-9-3-5-10(13)6-4-9/h3-6H,7-8H2,1-2H3. The molecule has 0 N–H and O–H groups in total. The lowest BCUT2D eigenvalue weighted by atomic mass is 10.1. The monoisotopic (exact) mass is 267 g/mol. The summed E-state index contributed by atoms with van der Waals surface area (Å²) in [6.45, 7) is 4.86. The molecule has 0 amide bonds. The molecular weight excluding hydrogens is 254 g/mol. The van der Waals surface area contributed by atoms with Crippen LogP contribution in [-0.4, -0.2) is 18.0 Å². The lowest BCUT2D eigenvalue weighted by Gasteiger charge is -2.07. The topological polar surface area (TPSA) is 21.6 Å². The van der Waals surface area contributed by atoms with Crippen LogP contribution in [0.3, 0.4) is 0 Å². The SMILES string of the molecule is CC1(C)COC(Cc2ccc(Br)cc2)=N1. The Kier molecular flexibility index (Phi) is 2.83. The van der Waals surface area contributed by atoms with Gasteiger partial charge in [0.15, 0.2) is 5.90 Å². The Labute approximate surface area is 98.5 Å². The van der Waals surface area contributed by atoms with Crippen molar-refractivity contribution >= 4 is 21.8 Å². The zero-order chi connectivity index (χ0) is 10.9. The fourth-order valence-corrected chi connectivity index (χ4v) is 1.79. The van der Waals surface area contributed by atoms with Crippen LogP contribution in [0.15, 0.2) is 33.7 Å². The van der Waals surface area contributed by atoms with Gasteiger partial charge in [-0.15, -0.1) is 0 Å². The van der Waals surface area contributed by atoms with Gasteiger partial charge in [-0.3, -0.25) is 0 Å². The molecule has 1 heterocycles. The molecule has 0 radical (unpaired) electrons. The zero-order valence-corrected chi connectivity index (χ0v) is 10.5. The summed E-state index contributed by atoms with van der Waals surface area (Å²) in [4.78, 5) is 4.52. The number of rotatable bonds is 2. The van der Waals surface area contributed by atoms with Crippen molar-refractivity contribution in [3.63, 3.8) is 0 Å². The highest BCUT2D eigenvalue weighted by Gasteiger charge is 2.25. The van der Waals surface area contributed by atoms with E-state index < -0.39 is 0 Å². The summed E-state index contributed by atoms with van der Waals surface area (Å²) in [5.74, 6) is 0.849. The third kappa shape index (κ3) is 2.81. The van der Waals surface area contributed by atoms with Gasteiger partial charge in [-0.2, -0.15) is 0 Å². The maximum Gasteiger partial charge on any atom is 0.188 e. The lowest BCUT2D eigenvalue weighted by molar-refractivity contribution is 0.275. The quantitative estimate of drug-likeness (QED) is 0.807. The summed E-state index contributed by atoms with van der Waals surface area (Å²) >= 11 is 3.41. The third-order valence-electron chi connectivity index (χ3n) is 2.29. The summed E-state index contributed by atoms with van der Waals surface area (Å²) in [6.07, 6.45) is 0.788. The van der Waals surface area contributed by atoms with E-state index in [4.69, 9.17) is 4.74 Å². The second kappa shape index (κ2) is 3.97. The van der Waals surface area contributed by atoms with Gasteiger partial charge in [0.05, 0.1) is 5.54 Å². The van der Waals surface area contributed by atoms with Gasteiger partial charge in [-0.1, -0.05) is 28.1 Å². The van der Waals surface area contributed by atoms with Crippen LogP contribution < -0.4 is 0 Å². The fraction of sp³-hybridized carbons (Fsp3) is 0.417. The predicted octanol–water partition coefficient (Wildman–Crippen LogP) is 3.20. The first-order valence-electron chi connectivity index (χ1n) is 5.01. The highest BCUT2D eigenvalue weighted by molar-refractivity contribution is 9.10. The average Bonchev–Trinajstić information content (AvgIpc) is 2.50. The highest BCUT2D eigenvalue weighted by atomic mass is 79.9. The van der Waals surface area contributed by atoms with Gasteiger partial charge in [0.2, 0.25) is 0 Å². The first-order chi connectivity index (χ1) is 7.05. The summed E-state index contributed by atoms with van der Waals surface area (Å²) < 4.78 is 6.64. The summed E-state index contributed by atoms with van der Waals surface area (Å²) in [5, 5.41) is 0. The molecule has 1 aliphatic rings. The molecule has 1 aliphatic heterocycles. The van der Waals surface area contributed by atoms with Gasteiger partial charge >= 0.3 is 0 Å². The van der Waals surface area contributed by atoms with Crippen LogP contribution in [0.5, 0.6) is 0 Å². The predicted molar refractivity (Wildman–Crippen MR) is 65.3 cm³/mol. The minimum atomic E-state index is -0.0509. The lowest BCUT2D eigenvalue weighted by Crippen LogP contribution is -2.17. The minimum absolute atomic E-state index is 0.0509. The van der Waals surface area contributed by atoms with Crippen LogP contribution in [-0.2, 0) is 11.2 Å². The molecule has 0 aromatic heterocycles. The van der Waals surface area contributed by atoms with Gasteiger partial charge in [0, 0.05) is 10.9 Å². The molecule has 0 unspecified atom stereocenters. The zero-order valence-electron chi connectivity index (χ0n) is 8.96. The molecule has 0 fully saturated rings. The first-order valence-corrected chi connectivity index (χ1v) is 5.80. The maximum absolute atomic E-state index is 5.54. The van der Waals surface area contributed by atoms with Crippen molar-refractivity contribution in [2.45, 2.75) is 25.8 Å². The van der Waals surface area contributed by atoms with Gasteiger partial charge in [-0.05, 0) is 31.5 Å². The third-order valence-corrected chi connectivity index (χ3v) is 2.82. The molecule has 1 aromatic rings. The van der Waals surface area contributed by atoms with E-state index in [1.165, 1.54) is 5.56 Å². The summed E-state index contributed by atoms with van der Waals surface area (Å²) in [7, 11) is 0. The van der Waals surface area contributed by atoms with Crippen LogP contribution in [0.2, 0.25) is 0 Å². The van der Waals surface area contributed by atoms with E-state index in [2.05, 4.69) is 46.9 Å². The molecule has 80 valence electrons. The maximum atomic E-state index is 5.54. The number of hydrogen-bond acceptors (Lipinski definition) is 2. The van der Waals surface area contributed by atoms with E-state index in [0.717, 1.165) is 16.8 Å². The van der Waals surface area contributed by atoms with Crippen molar-refractivity contribution in [3.8, 4) is 0 Å². The number of benzene rings is 1. The minimum Gasteiger partial charge on any atom is -0.478 e. The highest BCUT2D eigenvalue weighted by Crippen LogP contribution is 2.19. The average molecular weight is 268 g/mol. The van der Waals surface area contributed by atoms with Gasteiger partial charge in [0.1, 0.15) is 6.61 Å². The number of hydrogen-bond donors (Lipinski definition) is 0. The summed E-state index contributed by atoms with van der Waals surface area (Å²) in [5.41, 5.74) is 1.18. The molecule has 15 heavy (non-hydrogen) atoms. The smallest absolute Gasteiger partial charge is 0.188 e. The number of halogens is 1. The largest absolute Gasteiger partial charge is 0.478 e. The first kappa shape index (κ1) is 10.7. The number of ether oxygens (including phenoxy) is 1. The van der Waals surface area contributed by atoms with Gasteiger partial charge < -0.3 is 4.74 Å². The fourth-order valence-electron chi connectivity index (χ4n) is 1.53. The molecule has 1 aromatic carbocycles. The molecule has 0 saturated heterocycles. The number of aliphatic imine (C=N–C) groups is 1. The molecule has 0 saturated carbocycles. The Morgan fingerprint density at radius 1 is 1.33 bits per heavy atom. The Balaban J connectivity index is 2.07. The van der Waals surface area contributed by atoms with Crippen molar-refractivity contribution in [2.24, 2.45) is 4.99 Å². The van der Waals surface area contributed by atoms with Crippen LogP contribution >= 0.6 is 15.9 Å². The Morgan fingerprint density at radius 3 is 2.53 bits per heavy atom. The molecule has 0 spiro atoms. The number of nitrogens with zero attached hydrogens (tertiary/aromatic N) is 1. The second-order valence-corrected chi connectivity index (χ2v) is 5.33. The molecule has 2 rings (SSSR count). The van der Waals surface area contributed by atoms with Crippen molar-refractivity contribution in [3.05, 3.63) is 34.3 Å². The molecule has 2 nitrogen and oxygen atoms in total. The van der Waals surface area contributed by atoms with E-state index in [1.807, 2.05) is 12.1 Å². The molecular formula is C12H14BrNO. The van der Waals surface area contributed by atoms with E-state index >= 15 is 0 Å².